The Bertz CT molecular complexity index is 1180. The molecule has 1 aliphatic carbocycles. The highest BCUT2D eigenvalue weighted by atomic mass is 16.2. The second kappa shape index (κ2) is 8.84. The molecule has 1 saturated heterocycles. The van der Waals surface area contributed by atoms with Crippen LogP contribution in [0, 0.1) is 5.92 Å². The fourth-order valence-corrected chi connectivity index (χ4v) is 5.04. The van der Waals surface area contributed by atoms with Gasteiger partial charge in [0.15, 0.2) is 0 Å². The van der Waals surface area contributed by atoms with Crippen LogP contribution in [-0.2, 0) is 11.8 Å². The number of aryl methyl sites for hydroxylation is 1. The molecule has 1 aromatic carbocycles. The summed E-state index contributed by atoms with van der Waals surface area (Å²) in [6.07, 6.45) is 8.89. The van der Waals surface area contributed by atoms with Crippen molar-refractivity contribution in [1.82, 2.24) is 24.1 Å². The van der Waals surface area contributed by atoms with Gasteiger partial charge in [-0.25, -0.2) is 0 Å². The summed E-state index contributed by atoms with van der Waals surface area (Å²) in [5.41, 5.74) is 1.65. The van der Waals surface area contributed by atoms with E-state index in [1.807, 2.05) is 35.2 Å². The highest BCUT2D eigenvalue weighted by molar-refractivity contribution is 6.00. The van der Waals surface area contributed by atoms with Crippen LogP contribution < -0.4 is 5.56 Å². The van der Waals surface area contributed by atoms with Crippen molar-refractivity contribution in [2.45, 2.75) is 32.1 Å². The van der Waals surface area contributed by atoms with Crippen LogP contribution in [0.4, 0.5) is 0 Å². The molecular formula is C25H29N5O3. The molecule has 2 amide bonds. The molecule has 0 bridgehead atoms. The largest absolute Gasteiger partial charge is 0.356 e. The van der Waals surface area contributed by atoms with Gasteiger partial charge in [-0.3, -0.25) is 14.4 Å². The SMILES string of the molecule is Cn1cc(C(=O)N2CCN(C(=O)C3CCCCC3)CC2)c2nn(-c3ccccc3)c(=O)c-2c1. The first-order chi connectivity index (χ1) is 16.0. The predicted molar refractivity (Wildman–Crippen MR) is 124 cm³/mol. The fourth-order valence-electron chi connectivity index (χ4n) is 5.04. The zero-order chi connectivity index (χ0) is 22.9. The van der Waals surface area contributed by atoms with E-state index >= 15 is 0 Å². The van der Waals surface area contributed by atoms with Gasteiger partial charge >= 0.3 is 0 Å². The van der Waals surface area contributed by atoms with E-state index in [2.05, 4.69) is 5.10 Å². The molecule has 2 fully saturated rings. The molecule has 0 N–H and O–H groups in total. The molecule has 0 atom stereocenters. The highest BCUT2D eigenvalue weighted by Crippen LogP contribution is 2.27. The van der Waals surface area contributed by atoms with Gasteiger partial charge in [-0.05, 0) is 25.0 Å². The number of carbonyl (C=O) groups excluding carboxylic acids is 2. The zero-order valence-corrected chi connectivity index (χ0v) is 18.9. The Labute approximate surface area is 192 Å². The lowest BCUT2D eigenvalue weighted by molar-refractivity contribution is -0.138. The van der Waals surface area contributed by atoms with Crippen molar-refractivity contribution in [2.24, 2.45) is 13.0 Å². The highest BCUT2D eigenvalue weighted by Gasteiger charge is 2.32. The Balaban J connectivity index is 1.37. The standard InChI is InChI=1S/C25H29N5O3/c1-27-16-20(22-21(17-27)25(33)30(26-22)19-10-6-3-7-11-19)24(32)29-14-12-28(13-15-29)23(31)18-8-4-2-5-9-18/h3,6-7,10-11,16-18H,2,4-5,8-9,12-15H2,1H3. The van der Waals surface area contributed by atoms with E-state index in [1.165, 1.54) is 11.1 Å². The number of carbonyl (C=O) groups is 2. The maximum Gasteiger partial charge on any atom is 0.282 e. The van der Waals surface area contributed by atoms with Gasteiger partial charge in [-0.2, -0.15) is 9.78 Å². The minimum atomic E-state index is -0.246. The van der Waals surface area contributed by atoms with Crippen LogP contribution in [0.1, 0.15) is 42.5 Å². The molecular weight excluding hydrogens is 418 g/mol. The lowest BCUT2D eigenvalue weighted by Gasteiger charge is -2.37. The summed E-state index contributed by atoms with van der Waals surface area (Å²) in [4.78, 5) is 43.0. The molecule has 4 aliphatic rings. The van der Waals surface area contributed by atoms with Crippen LogP contribution in [0.3, 0.4) is 0 Å². The smallest absolute Gasteiger partial charge is 0.282 e. The first kappa shape index (κ1) is 21.4. The lowest BCUT2D eigenvalue weighted by atomic mass is 9.88. The van der Waals surface area contributed by atoms with E-state index in [-0.39, 0.29) is 23.3 Å². The molecule has 8 nitrogen and oxygen atoms in total. The molecule has 33 heavy (non-hydrogen) atoms. The van der Waals surface area contributed by atoms with Crippen LogP contribution in [0.5, 0.6) is 0 Å². The monoisotopic (exact) mass is 447 g/mol. The van der Waals surface area contributed by atoms with Gasteiger partial charge in [0.1, 0.15) is 5.69 Å². The van der Waals surface area contributed by atoms with Gasteiger partial charge in [0, 0.05) is 51.5 Å². The van der Waals surface area contributed by atoms with Gasteiger partial charge in [-0.15, -0.1) is 0 Å². The van der Waals surface area contributed by atoms with E-state index < -0.39 is 0 Å². The third-order valence-corrected chi connectivity index (χ3v) is 6.86. The van der Waals surface area contributed by atoms with Crippen molar-refractivity contribution in [1.29, 1.82) is 0 Å². The third-order valence-electron chi connectivity index (χ3n) is 6.86. The molecule has 5 rings (SSSR count). The minimum Gasteiger partial charge on any atom is -0.356 e. The van der Waals surface area contributed by atoms with Crippen LogP contribution in [-0.4, -0.2) is 62.1 Å². The topological polar surface area (TPSA) is 80.4 Å². The van der Waals surface area contributed by atoms with E-state index in [9.17, 15) is 14.4 Å². The fraction of sp³-hybridized carbons (Fsp3) is 0.440. The predicted octanol–water partition coefficient (Wildman–Crippen LogP) is 2.54. The number of fused-ring (bicyclic) bond motifs is 1. The van der Waals surface area contributed by atoms with Crippen molar-refractivity contribution in [3.63, 3.8) is 0 Å². The molecule has 3 heterocycles. The Morgan fingerprint density at radius 3 is 2.27 bits per heavy atom. The Morgan fingerprint density at radius 1 is 0.909 bits per heavy atom. The summed E-state index contributed by atoms with van der Waals surface area (Å²) in [5.74, 6) is 0.234. The van der Waals surface area contributed by atoms with Crippen LogP contribution in [0.2, 0.25) is 0 Å². The molecule has 3 aliphatic heterocycles. The van der Waals surface area contributed by atoms with E-state index in [4.69, 9.17) is 0 Å². The number of aromatic nitrogens is 3. The second-order valence-electron chi connectivity index (χ2n) is 9.10. The van der Waals surface area contributed by atoms with Crippen LogP contribution >= 0.6 is 0 Å². The number of piperazine rings is 1. The Kier molecular flexibility index (Phi) is 5.74. The van der Waals surface area contributed by atoms with Crippen LogP contribution in [0.25, 0.3) is 16.9 Å². The van der Waals surface area contributed by atoms with E-state index in [0.717, 1.165) is 25.7 Å². The minimum absolute atomic E-state index is 0.145. The first-order valence-electron chi connectivity index (χ1n) is 11.8. The van der Waals surface area contributed by atoms with E-state index in [1.54, 1.807) is 28.9 Å². The molecule has 0 unspecified atom stereocenters. The van der Waals surface area contributed by atoms with Gasteiger partial charge in [-0.1, -0.05) is 37.5 Å². The van der Waals surface area contributed by atoms with Crippen molar-refractivity contribution in [2.75, 3.05) is 26.2 Å². The summed E-state index contributed by atoms with van der Waals surface area (Å²) in [7, 11) is 1.80. The second-order valence-corrected chi connectivity index (χ2v) is 9.10. The van der Waals surface area contributed by atoms with Crippen LogP contribution in [0.15, 0.2) is 47.5 Å². The maximum atomic E-state index is 13.5. The Hall–Kier alpha value is -3.42. The molecule has 0 radical (unpaired) electrons. The van der Waals surface area contributed by atoms with Crippen molar-refractivity contribution in [3.05, 3.63) is 58.6 Å². The number of amides is 2. The number of benzene rings is 1. The number of pyridine rings is 1. The van der Waals surface area contributed by atoms with Gasteiger partial charge in [0.05, 0.1) is 16.8 Å². The normalized spacial score (nSPS) is 17.5. The number of hydrogen-bond donors (Lipinski definition) is 0. The number of hydrogen-bond acceptors (Lipinski definition) is 4. The first-order valence-corrected chi connectivity index (χ1v) is 11.8. The average molecular weight is 448 g/mol. The summed E-state index contributed by atoms with van der Waals surface area (Å²) < 4.78 is 3.08. The molecule has 1 saturated carbocycles. The molecule has 172 valence electrons. The molecule has 8 heteroatoms. The summed E-state index contributed by atoms with van der Waals surface area (Å²) in [6, 6.07) is 9.21. The van der Waals surface area contributed by atoms with Gasteiger partial charge in [0.2, 0.25) is 5.91 Å². The zero-order valence-electron chi connectivity index (χ0n) is 18.9. The van der Waals surface area contributed by atoms with Crippen molar-refractivity contribution >= 4 is 11.8 Å². The molecule has 0 spiro atoms. The molecule has 0 aromatic heterocycles. The van der Waals surface area contributed by atoms with Gasteiger partial charge < -0.3 is 14.4 Å². The quantitative estimate of drug-likeness (QED) is 0.618. The third kappa shape index (κ3) is 4.05. The maximum absolute atomic E-state index is 13.5. The summed E-state index contributed by atoms with van der Waals surface area (Å²) in [5, 5.41) is 4.52. The molecule has 1 aromatic rings. The number of rotatable bonds is 3. The summed E-state index contributed by atoms with van der Waals surface area (Å²) >= 11 is 0. The number of nitrogens with zero attached hydrogens (tertiary/aromatic N) is 5. The Morgan fingerprint density at radius 2 is 1.58 bits per heavy atom. The van der Waals surface area contributed by atoms with Crippen molar-refractivity contribution in [3.8, 4) is 16.9 Å². The number of para-hydroxylation sites is 1. The van der Waals surface area contributed by atoms with E-state index in [0.29, 0.717) is 48.7 Å². The lowest BCUT2D eigenvalue weighted by Crippen LogP contribution is -2.52. The average Bonchev–Trinajstić information content (AvgIpc) is 3.20. The van der Waals surface area contributed by atoms with Gasteiger partial charge in [0.25, 0.3) is 11.5 Å². The summed E-state index contributed by atoms with van der Waals surface area (Å²) in [6.45, 7) is 2.07. The van der Waals surface area contributed by atoms with Crippen molar-refractivity contribution < 1.29 is 9.59 Å².